The smallest absolute Gasteiger partial charge is 0.422 e. The highest BCUT2D eigenvalue weighted by Crippen LogP contribution is 2.47. The predicted molar refractivity (Wildman–Crippen MR) is 104 cm³/mol. The van der Waals surface area contributed by atoms with Gasteiger partial charge < -0.3 is 15.0 Å². The van der Waals surface area contributed by atoms with Crippen LogP contribution in [0.3, 0.4) is 0 Å². The Morgan fingerprint density at radius 2 is 2.17 bits per heavy atom. The molecule has 3 atom stereocenters. The average Bonchev–Trinajstić information content (AvgIpc) is 3.20. The molecule has 9 heteroatoms. The summed E-state index contributed by atoms with van der Waals surface area (Å²) in [5.74, 6) is 0.644. The van der Waals surface area contributed by atoms with Crippen molar-refractivity contribution in [3.05, 3.63) is 46.6 Å². The lowest BCUT2D eigenvalue weighted by atomic mass is 10.2. The summed E-state index contributed by atoms with van der Waals surface area (Å²) in [7, 11) is 0. The van der Waals surface area contributed by atoms with Crippen LogP contribution < -0.4 is 10.1 Å². The molecule has 1 amide bonds. The molecule has 2 aromatic heterocycles. The molecule has 2 N–H and O–H groups in total. The number of amides is 1. The molecule has 154 valence electrons. The molecule has 29 heavy (non-hydrogen) atoms. The molecule has 0 saturated heterocycles. The number of benzene rings is 1. The maximum Gasteiger partial charge on any atom is 0.422 e. The highest BCUT2D eigenvalue weighted by atomic mass is 32.1. The summed E-state index contributed by atoms with van der Waals surface area (Å²) < 4.78 is 42.0. The van der Waals surface area contributed by atoms with Gasteiger partial charge in [0.15, 0.2) is 11.7 Å². The van der Waals surface area contributed by atoms with E-state index in [0.29, 0.717) is 5.56 Å². The number of carbonyl (C=O) groups excluding carboxylic acids is 1. The molecular formula is C20H20F3N3O2S. The second-order valence-electron chi connectivity index (χ2n) is 7.34. The van der Waals surface area contributed by atoms with Crippen molar-refractivity contribution >= 4 is 28.3 Å². The van der Waals surface area contributed by atoms with Crippen LogP contribution in [0.2, 0.25) is 0 Å². The minimum Gasteiger partial charge on any atom is -0.474 e. The number of imidazole rings is 1. The molecule has 1 fully saturated rings. The van der Waals surface area contributed by atoms with Crippen LogP contribution in [0.4, 0.5) is 13.2 Å². The maximum atomic E-state index is 12.6. The number of nitrogens with zero attached hydrogens (tertiary/aromatic N) is 1. The van der Waals surface area contributed by atoms with Crippen molar-refractivity contribution in [1.82, 2.24) is 15.3 Å². The van der Waals surface area contributed by atoms with E-state index in [9.17, 15) is 18.0 Å². The number of aromatic amines is 1. The van der Waals surface area contributed by atoms with E-state index in [1.54, 1.807) is 13.0 Å². The standard InChI is InChI=1S/C20H20F3N3O2S/c1-10-7-16(29-19(10)28-9-20(21,22)23)11(2)24-18(27)13-8-12(13)17-25-14-5-3-4-6-15(14)26-17/h3-7,11-13H,8-9H2,1-2H3,(H,24,27)(H,25,26)/t11?,12-,13-/m1/s1. The first-order valence-electron chi connectivity index (χ1n) is 9.26. The Morgan fingerprint density at radius 3 is 2.90 bits per heavy atom. The van der Waals surface area contributed by atoms with E-state index in [0.717, 1.165) is 39.5 Å². The summed E-state index contributed by atoms with van der Waals surface area (Å²) >= 11 is 1.13. The van der Waals surface area contributed by atoms with E-state index >= 15 is 0 Å². The largest absolute Gasteiger partial charge is 0.474 e. The molecule has 1 aliphatic rings. The first kappa shape index (κ1) is 19.8. The third-order valence-electron chi connectivity index (χ3n) is 4.93. The van der Waals surface area contributed by atoms with E-state index in [2.05, 4.69) is 15.3 Å². The quantitative estimate of drug-likeness (QED) is 0.595. The highest BCUT2D eigenvalue weighted by Gasteiger charge is 2.46. The third-order valence-corrected chi connectivity index (χ3v) is 6.26. The lowest BCUT2D eigenvalue weighted by Crippen LogP contribution is -2.28. The minimum absolute atomic E-state index is 0.0605. The third kappa shape index (κ3) is 4.39. The van der Waals surface area contributed by atoms with E-state index in [-0.39, 0.29) is 28.8 Å². The zero-order valence-electron chi connectivity index (χ0n) is 15.8. The van der Waals surface area contributed by atoms with Crippen molar-refractivity contribution in [1.29, 1.82) is 0 Å². The van der Waals surface area contributed by atoms with Gasteiger partial charge in [-0.25, -0.2) is 4.98 Å². The van der Waals surface area contributed by atoms with Gasteiger partial charge in [0.25, 0.3) is 0 Å². The summed E-state index contributed by atoms with van der Waals surface area (Å²) in [5, 5.41) is 3.18. The van der Waals surface area contributed by atoms with Gasteiger partial charge in [-0.2, -0.15) is 13.2 Å². The molecule has 1 unspecified atom stereocenters. The van der Waals surface area contributed by atoms with E-state index < -0.39 is 12.8 Å². The number of rotatable bonds is 6. The van der Waals surface area contributed by atoms with Gasteiger partial charge in [0.1, 0.15) is 5.82 Å². The fourth-order valence-electron chi connectivity index (χ4n) is 3.32. The predicted octanol–water partition coefficient (Wildman–Crippen LogP) is 4.85. The number of thiophene rings is 1. The number of hydrogen-bond donors (Lipinski definition) is 2. The SMILES string of the molecule is Cc1cc(C(C)NC(=O)[C@@H]2C[C@H]2c2nc3ccccc3[nH]2)sc1OCC(F)(F)F. The molecule has 0 spiro atoms. The summed E-state index contributed by atoms with van der Waals surface area (Å²) in [5.41, 5.74) is 2.45. The van der Waals surface area contributed by atoms with Gasteiger partial charge in [-0.15, -0.1) is 11.3 Å². The molecule has 0 aliphatic heterocycles. The number of para-hydroxylation sites is 2. The van der Waals surface area contributed by atoms with Gasteiger partial charge in [0.05, 0.1) is 17.1 Å². The van der Waals surface area contributed by atoms with Crippen molar-refractivity contribution in [3.8, 4) is 5.06 Å². The Hall–Kier alpha value is -2.55. The van der Waals surface area contributed by atoms with E-state index in [1.165, 1.54) is 0 Å². The average molecular weight is 423 g/mol. The van der Waals surface area contributed by atoms with Gasteiger partial charge in [0, 0.05) is 22.3 Å². The normalized spacial score (nSPS) is 19.9. The topological polar surface area (TPSA) is 67.0 Å². The van der Waals surface area contributed by atoms with Crippen molar-refractivity contribution in [3.63, 3.8) is 0 Å². The number of aryl methyl sites for hydroxylation is 1. The number of hydrogen-bond acceptors (Lipinski definition) is 4. The van der Waals surface area contributed by atoms with E-state index in [4.69, 9.17) is 4.74 Å². The molecule has 0 bridgehead atoms. The van der Waals surface area contributed by atoms with Crippen LogP contribution >= 0.6 is 11.3 Å². The Bertz CT molecular complexity index is 1010. The number of H-pyrrole nitrogens is 1. The molecule has 2 heterocycles. The molecule has 3 aromatic rings. The fourth-order valence-corrected chi connectivity index (χ4v) is 4.34. The first-order valence-corrected chi connectivity index (χ1v) is 10.1. The highest BCUT2D eigenvalue weighted by molar-refractivity contribution is 7.14. The zero-order valence-corrected chi connectivity index (χ0v) is 16.7. The van der Waals surface area contributed by atoms with Gasteiger partial charge in [-0.05, 0) is 38.5 Å². The van der Waals surface area contributed by atoms with Crippen molar-refractivity contribution < 1.29 is 22.7 Å². The van der Waals surface area contributed by atoms with Crippen LogP contribution in [0, 0.1) is 12.8 Å². The first-order chi connectivity index (χ1) is 13.7. The minimum atomic E-state index is -4.38. The van der Waals surface area contributed by atoms with Gasteiger partial charge in [-0.3, -0.25) is 4.79 Å². The van der Waals surface area contributed by atoms with Gasteiger partial charge in [0.2, 0.25) is 5.91 Å². The lowest BCUT2D eigenvalue weighted by Gasteiger charge is -2.12. The Labute approximate surface area is 169 Å². The number of alkyl halides is 3. The summed E-state index contributed by atoms with van der Waals surface area (Å²) in [4.78, 5) is 21.2. The fraction of sp³-hybridized carbons (Fsp3) is 0.400. The zero-order chi connectivity index (χ0) is 20.8. The summed E-state index contributed by atoms with van der Waals surface area (Å²) in [6.07, 6.45) is -3.66. The van der Waals surface area contributed by atoms with Crippen LogP contribution in [-0.2, 0) is 4.79 Å². The van der Waals surface area contributed by atoms with Crippen molar-refractivity contribution in [2.45, 2.75) is 38.4 Å². The Kier molecular flexibility index (Phi) is 5.02. The number of aromatic nitrogens is 2. The molecule has 1 aliphatic carbocycles. The van der Waals surface area contributed by atoms with Crippen molar-refractivity contribution in [2.75, 3.05) is 6.61 Å². The number of halogens is 3. The molecule has 4 rings (SSSR count). The van der Waals surface area contributed by atoms with Crippen LogP contribution in [-0.4, -0.2) is 28.7 Å². The second kappa shape index (κ2) is 7.37. The van der Waals surface area contributed by atoms with Crippen LogP contribution in [0.1, 0.15) is 41.6 Å². The van der Waals surface area contributed by atoms with Gasteiger partial charge >= 0.3 is 6.18 Å². The van der Waals surface area contributed by atoms with Gasteiger partial charge in [-0.1, -0.05) is 12.1 Å². The number of ether oxygens (including phenoxy) is 1. The van der Waals surface area contributed by atoms with Crippen LogP contribution in [0.25, 0.3) is 11.0 Å². The molecule has 1 aromatic carbocycles. The summed E-state index contributed by atoms with van der Waals surface area (Å²) in [6, 6.07) is 9.16. The summed E-state index contributed by atoms with van der Waals surface area (Å²) in [6.45, 7) is 2.18. The van der Waals surface area contributed by atoms with Crippen LogP contribution in [0.5, 0.6) is 5.06 Å². The lowest BCUT2D eigenvalue weighted by molar-refractivity contribution is -0.153. The molecule has 5 nitrogen and oxygen atoms in total. The monoisotopic (exact) mass is 423 g/mol. The van der Waals surface area contributed by atoms with E-state index in [1.807, 2.05) is 31.2 Å². The molecule has 0 radical (unpaired) electrons. The number of carbonyl (C=O) groups is 1. The molecular weight excluding hydrogens is 403 g/mol. The maximum absolute atomic E-state index is 12.6. The molecule has 1 saturated carbocycles. The van der Waals surface area contributed by atoms with Crippen molar-refractivity contribution in [2.24, 2.45) is 5.92 Å². The second-order valence-corrected chi connectivity index (χ2v) is 8.39. The number of fused-ring (bicyclic) bond motifs is 1. The number of nitrogens with one attached hydrogen (secondary N) is 2. The Balaban J connectivity index is 1.36. The van der Waals surface area contributed by atoms with Crippen LogP contribution in [0.15, 0.2) is 30.3 Å². The Morgan fingerprint density at radius 1 is 1.41 bits per heavy atom.